The molecule has 0 spiro atoms. The van der Waals surface area contributed by atoms with E-state index in [9.17, 15) is 9.59 Å². The van der Waals surface area contributed by atoms with Gasteiger partial charge in [-0.2, -0.15) is 0 Å². The van der Waals surface area contributed by atoms with E-state index < -0.39 is 0 Å². The van der Waals surface area contributed by atoms with E-state index in [1.807, 2.05) is 6.20 Å². The van der Waals surface area contributed by atoms with Crippen molar-refractivity contribution in [2.75, 3.05) is 32.7 Å². The van der Waals surface area contributed by atoms with Crippen molar-refractivity contribution in [1.29, 1.82) is 0 Å². The summed E-state index contributed by atoms with van der Waals surface area (Å²) < 4.78 is 6.67. The predicted octanol–water partition coefficient (Wildman–Crippen LogP) is 2.04. The molecule has 6 rings (SSSR count). The van der Waals surface area contributed by atoms with Gasteiger partial charge in [0.05, 0.1) is 29.9 Å². The molecule has 188 valence electrons. The monoisotopic (exact) mass is 490 g/mol. The first-order valence-corrected chi connectivity index (χ1v) is 14.1. The molecule has 7 unspecified atom stereocenters. The normalized spacial score (nSPS) is 39.9. The minimum atomic E-state index is -0.214. The van der Waals surface area contributed by atoms with Gasteiger partial charge in [0.1, 0.15) is 0 Å². The van der Waals surface area contributed by atoms with E-state index in [0.29, 0.717) is 12.1 Å². The van der Waals surface area contributed by atoms with Crippen LogP contribution in [0.3, 0.4) is 0 Å². The highest BCUT2D eigenvalue weighted by Gasteiger charge is 2.55. The molecule has 2 N–H and O–H groups in total. The summed E-state index contributed by atoms with van der Waals surface area (Å²) in [5.74, 6) is 0.386. The number of hydrogen-bond donors (Lipinski definition) is 2. The Kier molecular flexibility index (Phi) is 6.65. The van der Waals surface area contributed by atoms with Crippen LogP contribution in [0.15, 0.2) is 11.8 Å². The first kappa shape index (κ1) is 23.3. The molecule has 2 saturated heterocycles. The van der Waals surface area contributed by atoms with Crippen molar-refractivity contribution in [3.63, 3.8) is 0 Å². The Labute approximate surface area is 207 Å². The van der Waals surface area contributed by atoms with Gasteiger partial charge in [0.25, 0.3) is 5.91 Å². The topological polar surface area (TPSA) is 73.9 Å². The highest BCUT2D eigenvalue weighted by Crippen LogP contribution is 2.45. The lowest BCUT2D eigenvalue weighted by molar-refractivity contribution is -0.183. The molecule has 3 aliphatic heterocycles. The molecular formula is C26H39ClN4O3. The van der Waals surface area contributed by atoms with Gasteiger partial charge >= 0.3 is 0 Å². The summed E-state index contributed by atoms with van der Waals surface area (Å²) in [6, 6.07) is 0.448. The molecule has 0 bridgehead atoms. The van der Waals surface area contributed by atoms with Crippen molar-refractivity contribution >= 4 is 23.3 Å². The van der Waals surface area contributed by atoms with Crippen LogP contribution >= 0.6 is 11.6 Å². The first-order chi connectivity index (χ1) is 16.6. The third-order valence-corrected chi connectivity index (χ3v) is 9.44. The fourth-order valence-electron chi connectivity index (χ4n) is 7.02. The molecule has 0 aromatic carbocycles. The molecule has 3 saturated carbocycles. The Morgan fingerprint density at radius 3 is 2.71 bits per heavy atom. The van der Waals surface area contributed by atoms with E-state index >= 15 is 0 Å². The zero-order valence-corrected chi connectivity index (χ0v) is 20.8. The summed E-state index contributed by atoms with van der Waals surface area (Å²) in [7, 11) is 0. The van der Waals surface area contributed by atoms with Gasteiger partial charge in [0.15, 0.2) is 5.78 Å². The largest absolute Gasteiger partial charge is 0.371 e. The van der Waals surface area contributed by atoms with Crippen molar-refractivity contribution in [3.8, 4) is 0 Å². The maximum absolute atomic E-state index is 13.7. The quantitative estimate of drug-likeness (QED) is 0.420. The van der Waals surface area contributed by atoms with Crippen LogP contribution in [0.25, 0.3) is 0 Å². The molecule has 3 aliphatic carbocycles. The van der Waals surface area contributed by atoms with Crippen LogP contribution in [-0.2, 0) is 14.3 Å². The van der Waals surface area contributed by atoms with E-state index in [4.69, 9.17) is 16.3 Å². The third-order valence-electron chi connectivity index (χ3n) is 9.05. The molecule has 34 heavy (non-hydrogen) atoms. The summed E-state index contributed by atoms with van der Waals surface area (Å²) in [4.78, 5) is 31.6. The molecule has 8 heteroatoms. The minimum absolute atomic E-state index is 0.00290. The standard InChI is InChI=1S/C26H39ClN4O3/c27-17-5-6-22-21(11-17)31-15-20(26(33)28-7-10-30-8-1-2-9-30)25(32)19-12-18(29-14-16-3-4-16)13-23(34-22)24(19)31/h15-19,21-24,29H,1-14H2,(H,28,33). The van der Waals surface area contributed by atoms with Gasteiger partial charge in [0, 0.05) is 36.6 Å². The van der Waals surface area contributed by atoms with Crippen LogP contribution in [0.1, 0.15) is 57.8 Å². The highest BCUT2D eigenvalue weighted by atomic mass is 35.5. The van der Waals surface area contributed by atoms with E-state index in [1.54, 1.807) is 0 Å². The highest BCUT2D eigenvalue weighted by molar-refractivity contribution is 6.21. The summed E-state index contributed by atoms with van der Waals surface area (Å²) >= 11 is 6.58. The molecule has 7 nitrogen and oxygen atoms in total. The maximum atomic E-state index is 13.7. The van der Waals surface area contributed by atoms with Gasteiger partial charge in [-0.25, -0.2) is 0 Å². The number of rotatable bonds is 7. The number of carbonyl (C=O) groups is 2. The fourth-order valence-corrected chi connectivity index (χ4v) is 7.33. The number of ketones is 1. The Morgan fingerprint density at radius 1 is 1.09 bits per heavy atom. The van der Waals surface area contributed by atoms with Crippen LogP contribution in [-0.4, -0.2) is 89.9 Å². The molecule has 6 aliphatic rings. The van der Waals surface area contributed by atoms with Crippen molar-refractivity contribution in [1.82, 2.24) is 20.4 Å². The van der Waals surface area contributed by atoms with Crippen molar-refractivity contribution < 1.29 is 14.3 Å². The molecule has 7 atom stereocenters. The number of carbonyl (C=O) groups excluding carboxylic acids is 2. The van der Waals surface area contributed by atoms with Crippen molar-refractivity contribution in [2.45, 2.75) is 93.5 Å². The van der Waals surface area contributed by atoms with Crippen LogP contribution in [0.4, 0.5) is 0 Å². The number of nitrogens with zero attached hydrogens (tertiary/aromatic N) is 2. The second kappa shape index (κ2) is 9.72. The van der Waals surface area contributed by atoms with Gasteiger partial charge in [0.2, 0.25) is 0 Å². The number of fused-ring (bicyclic) bond motifs is 2. The molecule has 1 amide bonds. The Bertz CT molecular complexity index is 827. The number of ether oxygens (including phenoxy) is 1. The summed E-state index contributed by atoms with van der Waals surface area (Å²) in [6.07, 6.45) is 11.6. The van der Waals surface area contributed by atoms with E-state index in [2.05, 4.69) is 20.4 Å². The van der Waals surface area contributed by atoms with Gasteiger partial charge < -0.3 is 25.2 Å². The lowest BCUT2D eigenvalue weighted by Gasteiger charge is -2.58. The predicted molar refractivity (Wildman–Crippen MR) is 131 cm³/mol. The number of Topliss-reactive ketones (excluding diaryl/α,β-unsaturated/α-hetero) is 1. The number of likely N-dealkylation sites (tertiary alicyclic amines) is 1. The molecule has 3 heterocycles. The van der Waals surface area contributed by atoms with Crippen LogP contribution in [0.5, 0.6) is 0 Å². The minimum Gasteiger partial charge on any atom is -0.371 e. The second-order valence-electron chi connectivity index (χ2n) is 11.5. The summed E-state index contributed by atoms with van der Waals surface area (Å²) in [5.41, 5.74) is 0.335. The number of hydrogen-bond acceptors (Lipinski definition) is 6. The van der Waals surface area contributed by atoms with Crippen LogP contribution in [0.2, 0.25) is 0 Å². The molecule has 0 aromatic heterocycles. The molecule has 0 radical (unpaired) electrons. The Morgan fingerprint density at radius 2 is 1.91 bits per heavy atom. The van der Waals surface area contributed by atoms with Gasteiger partial charge in [-0.05, 0) is 83.3 Å². The lowest BCUT2D eigenvalue weighted by atomic mass is 9.70. The van der Waals surface area contributed by atoms with E-state index in [1.165, 1.54) is 25.7 Å². The number of morpholine rings is 1. The maximum Gasteiger partial charge on any atom is 0.256 e. The van der Waals surface area contributed by atoms with Crippen LogP contribution < -0.4 is 10.6 Å². The zero-order chi connectivity index (χ0) is 23.2. The van der Waals surface area contributed by atoms with Crippen molar-refractivity contribution in [3.05, 3.63) is 11.8 Å². The number of halogens is 1. The Balaban J connectivity index is 1.21. The number of alkyl halides is 1. The van der Waals surface area contributed by atoms with E-state index in [-0.39, 0.29) is 53.3 Å². The fraction of sp³-hybridized carbons (Fsp3) is 0.846. The third kappa shape index (κ3) is 4.65. The summed E-state index contributed by atoms with van der Waals surface area (Å²) in [6.45, 7) is 4.68. The SMILES string of the molecule is O=C(NCCN1CCCC1)C1=CN2C3CC(Cl)CCC3OC3CC(NCC4CC4)CC(C1=O)C32. The van der Waals surface area contributed by atoms with E-state index in [0.717, 1.165) is 64.2 Å². The lowest BCUT2D eigenvalue weighted by Crippen LogP contribution is -2.68. The number of amides is 1. The zero-order valence-electron chi connectivity index (χ0n) is 20.1. The van der Waals surface area contributed by atoms with Crippen molar-refractivity contribution in [2.24, 2.45) is 11.8 Å². The average Bonchev–Trinajstić information content (AvgIpc) is 3.52. The number of nitrogens with one attached hydrogen (secondary N) is 2. The molecular weight excluding hydrogens is 452 g/mol. The van der Waals surface area contributed by atoms with Crippen LogP contribution in [0, 0.1) is 11.8 Å². The molecule has 5 fully saturated rings. The first-order valence-electron chi connectivity index (χ1n) is 13.6. The molecule has 0 aromatic rings. The average molecular weight is 491 g/mol. The second-order valence-corrected chi connectivity index (χ2v) is 12.1. The van der Waals surface area contributed by atoms with Gasteiger partial charge in [-0.1, -0.05) is 0 Å². The van der Waals surface area contributed by atoms with Gasteiger partial charge in [-0.15, -0.1) is 11.6 Å². The Hall–Kier alpha value is -1.15. The smallest absolute Gasteiger partial charge is 0.256 e. The van der Waals surface area contributed by atoms with Gasteiger partial charge in [-0.3, -0.25) is 9.59 Å². The summed E-state index contributed by atoms with van der Waals surface area (Å²) in [5, 5.41) is 6.91.